The molecular formula is C20H23NO4. The molecular weight excluding hydrogens is 318 g/mol. The number of anilines is 1. The van der Waals surface area contributed by atoms with E-state index in [1.807, 2.05) is 24.3 Å². The number of para-hydroxylation sites is 1. The first-order chi connectivity index (χ1) is 12.0. The molecule has 0 spiro atoms. The standard InChI is InChI=1S/C20H23NO4/c1-4-14(2)17-7-5-6-8-18(17)21-19(22)13-25-20(23)15-9-11-16(24-3)12-10-15/h5-12,14H,4,13H2,1-3H3,(H,21,22)/t14-/m0/s1. The van der Waals surface area contributed by atoms with Crippen LogP contribution in [0.2, 0.25) is 0 Å². The first kappa shape index (κ1) is 18.5. The molecule has 132 valence electrons. The van der Waals surface area contributed by atoms with Gasteiger partial charge in [-0.1, -0.05) is 32.0 Å². The van der Waals surface area contributed by atoms with Gasteiger partial charge < -0.3 is 14.8 Å². The number of benzene rings is 2. The van der Waals surface area contributed by atoms with Gasteiger partial charge in [-0.25, -0.2) is 4.79 Å². The third-order valence-corrected chi connectivity index (χ3v) is 4.04. The summed E-state index contributed by atoms with van der Waals surface area (Å²) >= 11 is 0. The highest BCUT2D eigenvalue weighted by Crippen LogP contribution is 2.26. The number of ether oxygens (including phenoxy) is 2. The summed E-state index contributed by atoms with van der Waals surface area (Å²) in [6, 6.07) is 14.2. The Morgan fingerprint density at radius 2 is 1.76 bits per heavy atom. The van der Waals surface area contributed by atoms with Gasteiger partial charge in [-0.05, 0) is 48.2 Å². The summed E-state index contributed by atoms with van der Waals surface area (Å²) in [5.74, 6) is 0.0694. The Bertz CT molecular complexity index is 725. The third kappa shape index (κ3) is 5.08. The number of amides is 1. The highest BCUT2D eigenvalue weighted by molar-refractivity contribution is 5.96. The Hall–Kier alpha value is -2.82. The lowest BCUT2D eigenvalue weighted by atomic mass is 9.97. The molecule has 2 aromatic rings. The van der Waals surface area contributed by atoms with E-state index >= 15 is 0 Å². The molecule has 2 aromatic carbocycles. The van der Waals surface area contributed by atoms with E-state index in [0.29, 0.717) is 17.2 Å². The largest absolute Gasteiger partial charge is 0.497 e. The Morgan fingerprint density at radius 3 is 2.40 bits per heavy atom. The van der Waals surface area contributed by atoms with E-state index in [1.54, 1.807) is 31.4 Å². The van der Waals surface area contributed by atoms with Crippen LogP contribution in [0.3, 0.4) is 0 Å². The number of nitrogens with one attached hydrogen (secondary N) is 1. The number of hydrogen-bond donors (Lipinski definition) is 1. The molecule has 0 aliphatic carbocycles. The fourth-order valence-corrected chi connectivity index (χ4v) is 2.39. The van der Waals surface area contributed by atoms with Crippen LogP contribution in [0, 0.1) is 0 Å². The molecule has 0 unspecified atom stereocenters. The van der Waals surface area contributed by atoms with Gasteiger partial charge in [0.1, 0.15) is 5.75 Å². The second kappa shape index (κ2) is 8.87. The second-order valence-corrected chi connectivity index (χ2v) is 5.75. The maximum Gasteiger partial charge on any atom is 0.338 e. The number of rotatable bonds is 7. The number of carbonyl (C=O) groups is 2. The molecule has 2 rings (SSSR count). The van der Waals surface area contributed by atoms with Crippen molar-refractivity contribution in [1.82, 2.24) is 0 Å². The summed E-state index contributed by atoms with van der Waals surface area (Å²) in [6.07, 6.45) is 0.972. The van der Waals surface area contributed by atoms with Crippen molar-refractivity contribution in [2.75, 3.05) is 19.0 Å². The minimum absolute atomic E-state index is 0.332. The molecule has 0 bridgehead atoms. The summed E-state index contributed by atoms with van der Waals surface area (Å²) in [5.41, 5.74) is 2.19. The molecule has 1 N–H and O–H groups in total. The fourth-order valence-electron chi connectivity index (χ4n) is 2.39. The van der Waals surface area contributed by atoms with Gasteiger partial charge in [-0.2, -0.15) is 0 Å². The molecule has 5 nitrogen and oxygen atoms in total. The molecule has 0 aliphatic heterocycles. The van der Waals surface area contributed by atoms with Crippen molar-refractivity contribution >= 4 is 17.6 Å². The third-order valence-electron chi connectivity index (χ3n) is 4.04. The average Bonchev–Trinajstić information content (AvgIpc) is 2.66. The van der Waals surface area contributed by atoms with Crippen LogP contribution in [0.4, 0.5) is 5.69 Å². The van der Waals surface area contributed by atoms with Crippen LogP contribution in [0.5, 0.6) is 5.75 Å². The zero-order chi connectivity index (χ0) is 18.2. The highest BCUT2D eigenvalue weighted by atomic mass is 16.5. The summed E-state index contributed by atoms with van der Waals surface area (Å²) in [7, 11) is 1.55. The normalized spacial score (nSPS) is 11.5. The predicted molar refractivity (Wildman–Crippen MR) is 97.1 cm³/mol. The van der Waals surface area contributed by atoms with Gasteiger partial charge in [0.15, 0.2) is 6.61 Å². The van der Waals surface area contributed by atoms with Gasteiger partial charge in [0.05, 0.1) is 12.7 Å². The van der Waals surface area contributed by atoms with Crippen molar-refractivity contribution in [3.05, 3.63) is 59.7 Å². The molecule has 25 heavy (non-hydrogen) atoms. The van der Waals surface area contributed by atoms with E-state index in [4.69, 9.17) is 9.47 Å². The fraction of sp³-hybridized carbons (Fsp3) is 0.300. The van der Waals surface area contributed by atoms with Gasteiger partial charge in [-0.15, -0.1) is 0 Å². The quantitative estimate of drug-likeness (QED) is 0.773. The van der Waals surface area contributed by atoms with Crippen molar-refractivity contribution < 1.29 is 19.1 Å². The van der Waals surface area contributed by atoms with Crippen molar-refractivity contribution in [2.24, 2.45) is 0 Å². The first-order valence-corrected chi connectivity index (χ1v) is 8.25. The monoisotopic (exact) mass is 341 g/mol. The van der Waals surface area contributed by atoms with Crippen molar-refractivity contribution in [2.45, 2.75) is 26.2 Å². The lowest BCUT2D eigenvalue weighted by Crippen LogP contribution is -2.21. The van der Waals surface area contributed by atoms with E-state index in [1.165, 1.54) is 0 Å². The van der Waals surface area contributed by atoms with E-state index in [2.05, 4.69) is 19.2 Å². The first-order valence-electron chi connectivity index (χ1n) is 8.25. The zero-order valence-electron chi connectivity index (χ0n) is 14.7. The van der Waals surface area contributed by atoms with Crippen LogP contribution < -0.4 is 10.1 Å². The summed E-state index contributed by atoms with van der Waals surface area (Å²) in [5, 5.41) is 2.81. The summed E-state index contributed by atoms with van der Waals surface area (Å²) in [4.78, 5) is 24.1. The van der Waals surface area contributed by atoms with Crippen molar-refractivity contribution in [1.29, 1.82) is 0 Å². The molecule has 0 fully saturated rings. The maximum atomic E-state index is 12.1. The lowest BCUT2D eigenvalue weighted by molar-refractivity contribution is -0.119. The summed E-state index contributed by atoms with van der Waals surface area (Å²) in [6.45, 7) is 3.87. The molecule has 0 heterocycles. The molecule has 0 saturated carbocycles. The van der Waals surface area contributed by atoms with E-state index in [0.717, 1.165) is 17.7 Å². The Morgan fingerprint density at radius 1 is 1.08 bits per heavy atom. The lowest BCUT2D eigenvalue weighted by Gasteiger charge is -2.15. The van der Waals surface area contributed by atoms with E-state index in [9.17, 15) is 9.59 Å². The maximum absolute atomic E-state index is 12.1. The van der Waals surface area contributed by atoms with Crippen LogP contribution in [0.1, 0.15) is 42.1 Å². The van der Waals surface area contributed by atoms with E-state index < -0.39 is 5.97 Å². The van der Waals surface area contributed by atoms with Crippen LogP contribution in [0.15, 0.2) is 48.5 Å². The molecule has 1 atom stereocenters. The van der Waals surface area contributed by atoms with Gasteiger partial charge >= 0.3 is 5.97 Å². The minimum Gasteiger partial charge on any atom is -0.497 e. The average molecular weight is 341 g/mol. The van der Waals surface area contributed by atoms with Gasteiger partial charge in [-0.3, -0.25) is 4.79 Å². The predicted octanol–water partition coefficient (Wildman–Crippen LogP) is 4.00. The number of esters is 1. The van der Waals surface area contributed by atoms with Crippen LogP contribution in [-0.2, 0) is 9.53 Å². The van der Waals surface area contributed by atoms with Crippen LogP contribution >= 0.6 is 0 Å². The Labute approximate surface area is 148 Å². The van der Waals surface area contributed by atoms with Gasteiger partial charge in [0.25, 0.3) is 5.91 Å². The molecule has 0 radical (unpaired) electrons. The summed E-state index contributed by atoms with van der Waals surface area (Å²) < 4.78 is 10.1. The number of hydrogen-bond acceptors (Lipinski definition) is 4. The van der Waals surface area contributed by atoms with Crippen LogP contribution in [-0.4, -0.2) is 25.6 Å². The van der Waals surface area contributed by atoms with Crippen molar-refractivity contribution in [3.8, 4) is 5.75 Å². The molecule has 0 saturated heterocycles. The Balaban J connectivity index is 1.93. The minimum atomic E-state index is -0.548. The Kier molecular flexibility index (Phi) is 6.57. The zero-order valence-corrected chi connectivity index (χ0v) is 14.7. The number of methoxy groups -OCH3 is 1. The van der Waals surface area contributed by atoms with E-state index in [-0.39, 0.29) is 12.5 Å². The van der Waals surface area contributed by atoms with Crippen LogP contribution in [0.25, 0.3) is 0 Å². The molecule has 1 amide bonds. The molecule has 0 aromatic heterocycles. The number of carbonyl (C=O) groups excluding carboxylic acids is 2. The highest BCUT2D eigenvalue weighted by Gasteiger charge is 2.13. The topological polar surface area (TPSA) is 64.6 Å². The smallest absolute Gasteiger partial charge is 0.338 e. The molecule has 0 aliphatic rings. The van der Waals surface area contributed by atoms with Gasteiger partial charge in [0.2, 0.25) is 0 Å². The second-order valence-electron chi connectivity index (χ2n) is 5.75. The molecule has 5 heteroatoms. The SMILES string of the molecule is CC[C@H](C)c1ccccc1NC(=O)COC(=O)c1ccc(OC)cc1. The van der Waals surface area contributed by atoms with Gasteiger partial charge in [0, 0.05) is 5.69 Å². The van der Waals surface area contributed by atoms with Crippen molar-refractivity contribution in [3.63, 3.8) is 0 Å².